The van der Waals surface area contributed by atoms with Crippen molar-refractivity contribution in [3.63, 3.8) is 0 Å². The van der Waals surface area contributed by atoms with Gasteiger partial charge in [-0.3, -0.25) is 0 Å². The van der Waals surface area contributed by atoms with Crippen LogP contribution in [0.1, 0.15) is 33.6 Å². The summed E-state index contributed by atoms with van der Waals surface area (Å²) in [7, 11) is -2.64. The van der Waals surface area contributed by atoms with Crippen LogP contribution in [-0.4, -0.2) is 41.7 Å². The molecule has 0 bridgehead atoms. The first-order valence-electron chi connectivity index (χ1n) is 6.52. The minimum atomic E-state index is -2.64. The van der Waals surface area contributed by atoms with E-state index >= 15 is 0 Å². The summed E-state index contributed by atoms with van der Waals surface area (Å²) in [5.74, 6) is 0. The molecule has 6 heteroatoms. The van der Waals surface area contributed by atoms with Gasteiger partial charge in [0.1, 0.15) is 0 Å². The van der Waals surface area contributed by atoms with Crippen molar-refractivity contribution in [3.05, 3.63) is 0 Å². The Hall–Kier alpha value is 0.0169. The summed E-state index contributed by atoms with van der Waals surface area (Å²) >= 11 is 0. The Kier molecular flexibility index (Phi) is 10.00. The summed E-state index contributed by atoms with van der Waals surface area (Å²) in [6.45, 7) is 8.81. The number of hydrogen-bond donors (Lipinski definition) is 2. The van der Waals surface area contributed by atoms with Crippen LogP contribution in [0, 0.1) is 0 Å². The molecule has 5 nitrogen and oxygen atoms in total. The van der Waals surface area contributed by atoms with Gasteiger partial charge in [-0.2, -0.15) is 0 Å². The molecule has 0 aromatic carbocycles. The van der Waals surface area contributed by atoms with Crippen LogP contribution >= 0.6 is 0 Å². The summed E-state index contributed by atoms with van der Waals surface area (Å²) in [5.41, 5.74) is 11.5. The Morgan fingerprint density at radius 3 is 1.71 bits per heavy atom. The molecular formula is C11H28N2O3Si. The molecule has 0 radical (unpaired) electrons. The molecule has 0 aromatic rings. The van der Waals surface area contributed by atoms with E-state index in [-0.39, 0.29) is 5.54 Å². The smallest absolute Gasteiger partial charge is 0.374 e. The molecule has 0 spiro atoms. The maximum atomic E-state index is 5.84. The van der Waals surface area contributed by atoms with Gasteiger partial charge in [0, 0.05) is 25.4 Å². The maximum Gasteiger partial charge on any atom is 0.505 e. The van der Waals surface area contributed by atoms with E-state index in [4.69, 9.17) is 24.7 Å². The zero-order chi connectivity index (χ0) is 13.1. The Balaban J connectivity index is 4.76. The number of hydrogen-bond acceptors (Lipinski definition) is 5. The molecule has 0 aliphatic carbocycles. The third-order valence-corrected chi connectivity index (χ3v) is 6.18. The molecule has 0 fully saturated rings. The van der Waals surface area contributed by atoms with Crippen molar-refractivity contribution >= 4 is 8.80 Å². The van der Waals surface area contributed by atoms with E-state index in [2.05, 4.69) is 0 Å². The highest BCUT2D eigenvalue weighted by Crippen LogP contribution is 2.29. The molecule has 0 rings (SSSR count). The van der Waals surface area contributed by atoms with Gasteiger partial charge >= 0.3 is 8.80 Å². The highest BCUT2D eigenvalue weighted by Gasteiger charge is 2.47. The Bertz CT molecular complexity index is 167. The van der Waals surface area contributed by atoms with E-state index in [1.807, 2.05) is 20.8 Å². The van der Waals surface area contributed by atoms with Gasteiger partial charge in [-0.1, -0.05) is 0 Å². The molecule has 104 valence electrons. The van der Waals surface area contributed by atoms with Gasteiger partial charge < -0.3 is 24.7 Å². The molecule has 0 aromatic heterocycles. The van der Waals surface area contributed by atoms with Crippen LogP contribution in [-0.2, 0) is 13.3 Å². The number of rotatable bonds is 11. The van der Waals surface area contributed by atoms with Crippen LogP contribution in [0.5, 0.6) is 0 Å². The zero-order valence-corrected chi connectivity index (χ0v) is 12.4. The third-order valence-electron chi connectivity index (χ3n) is 2.58. The van der Waals surface area contributed by atoms with E-state index in [1.54, 1.807) is 0 Å². The third kappa shape index (κ3) is 5.46. The summed E-state index contributed by atoms with van der Waals surface area (Å²) in [4.78, 5) is 0. The average molecular weight is 264 g/mol. The first-order valence-corrected chi connectivity index (χ1v) is 8.32. The molecule has 1 atom stereocenters. The predicted octanol–water partition coefficient (Wildman–Crippen LogP) is 1.10. The van der Waals surface area contributed by atoms with E-state index in [0.717, 1.165) is 12.8 Å². The van der Waals surface area contributed by atoms with Crippen molar-refractivity contribution in [2.24, 2.45) is 11.5 Å². The summed E-state index contributed by atoms with van der Waals surface area (Å²) in [5, 5.41) is 0. The SMILES string of the molecule is CCO[Si](OCC)(OCC)C(CN)CCCN. The second-order valence-electron chi connectivity index (χ2n) is 3.77. The molecule has 17 heavy (non-hydrogen) atoms. The fourth-order valence-electron chi connectivity index (χ4n) is 1.89. The van der Waals surface area contributed by atoms with Crippen LogP contribution < -0.4 is 11.5 Å². The van der Waals surface area contributed by atoms with E-state index in [9.17, 15) is 0 Å². The van der Waals surface area contributed by atoms with Gasteiger partial charge in [-0.25, -0.2) is 0 Å². The van der Waals surface area contributed by atoms with Crippen molar-refractivity contribution in [2.45, 2.75) is 39.2 Å². The molecule has 0 saturated carbocycles. The van der Waals surface area contributed by atoms with E-state index in [0.29, 0.717) is 32.9 Å². The van der Waals surface area contributed by atoms with Crippen LogP contribution in [0.4, 0.5) is 0 Å². The average Bonchev–Trinajstić information content (AvgIpc) is 2.31. The van der Waals surface area contributed by atoms with Crippen molar-refractivity contribution in [3.8, 4) is 0 Å². The van der Waals surface area contributed by atoms with Gasteiger partial charge in [0.2, 0.25) is 0 Å². The molecule has 0 aliphatic rings. The quantitative estimate of drug-likeness (QED) is 0.546. The molecule has 0 aliphatic heterocycles. The van der Waals surface area contributed by atoms with Gasteiger partial charge in [0.25, 0.3) is 0 Å². The summed E-state index contributed by atoms with van der Waals surface area (Å²) in [6.07, 6.45) is 1.82. The molecule has 0 heterocycles. The highest BCUT2D eigenvalue weighted by atomic mass is 28.4. The Morgan fingerprint density at radius 1 is 0.941 bits per heavy atom. The van der Waals surface area contributed by atoms with Crippen LogP contribution in [0.15, 0.2) is 0 Å². The highest BCUT2D eigenvalue weighted by molar-refractivity contribution is 6.62. The normalized spacial score (nSPS) is 13.9. The van der Waals surface area contributed by atoms with Crippen molar-refractivity contribution in [1.29, 1.82) is 0 Å². The lowest BCUT2D eigenvalue weighted by atomic mass is 10.2. The zero-order valence-electron chi connectivity index (χ0n) is 11.4. The molecular weight excluding hydrogens is 236 g/mol. The lowest BCUT2D eigenvalue weighted by Crippen LogP contribution is -2.52. The van der Waals surface area contributed by atoms with Gasteiger partial charge in [-0.15, -0.1) is 0 Å². The second kappa shape index (κ2) is 9.99. The van der Waals surface area contributed by atoms with Crippen molar-refractivity contribution < 1.29 is 13.3 Å². The second-order valence-corrected chi connectivity index (χ2v) is 6.66. The summed E-state index contributed by atoms with van der Waals surface area (Å²) < 4.78 is 17.5. The van der Waals surface area contributed by atoms with Crippen LogP contribution in [0.3, 0.4) is 0 Å². The molecule has 4 N–H and O–H groups in total. The van der Waals surface area contributed by atoms with Crippen molar-refractivity contribution in [2.75, 3.05) is 32.9 Å². The summed E-state index contributed by atoms with van der Waals surface area (Å²) in [6, 6.07) is 0. The monoisotopic (exact) mass is 264 g/mol. The predicted molar refractivity (Wildman–Crippen MR) is 71.7 cm³/mol. The molecule has 0 amide bonds. The fourth-order valence-corrected chi connectivity index (χ4v) is 4.90. The van der Waals surface area contributed by atoms with Crippen LogP contribution in [0.2, 0.25) is 5.54 Å². The molecule has 0 saturated heterocycles. The Morgan fingerprint density at radius 2 is 1.41 bits per heavy atom. The fraction of sp³-hybridized carbons (Fsp3) is 1.00. The molecule has 1 unspecified atom stereocenters. The lowest BCUT2D eigenvalue weighted by molar-refractivity contribution is 0.0603. The standard InChI is InChI=1S/C11H28N2O3Si/c1-4-14-17(15-5-2,16-6-3)11(10-13)8-7-9-12/h11H,4-10,12-13H2,1-3H3. The number of nitrogens with two attached hydrogens (primary N) is 2. The first kappa shape index (κ1) is 17.0. The minimum Gasteiger partial charge on any atom is -0.374 e. The van der Waals surface area contributed by atoms with Crippen LogP contribution in [0.25, 0.3) is 0 Å². The van der Waals surface area contributed by atoms with E-state index < -0.39 is 8.80 Å². The van der Waals surface area contributed by atoms with Crippen molar-refractivity contribution in [1.82, 2.24) is 0 Å². The van der Waals surface area contributed by atoms with Gasteiger partial charge in [0.05, 0.1) is 0 Å². The maximum absolute atomic E-state index is 5.84. The topological polar surface area (TPSA) is 79.7 Å². The first-order chi connectivity index (χ1) is 8.20. The van der Waals surface area contributed by atoms with Gasteiger partial charge in [0.15, 0.2) is 0 Å². The lowest BCUT2D eigenvalue weighted by Gasteiger charge is -2.34. The minimum absolute atomic E-state index is 0.144. The van der Waals surface area contributed by atoms with E-state index in [1.165, 1.54) is 0 Å². The largest absolute Gasteiger partial charge is 0.505 e. The van der Waals surface area contributed by atoms with Gasteiger partial charge in [-0.05, 0) is 46.7 Å². The Labute approximate surface area is 106 Å².